The Labute approximate surface area is 154 Å². The van der Waals surface area contributed by atoms with Gasteiger partial charge >= 0.3 is 156 Å². The van der Waals surface area contributed by atoms with E-state index in [1.165, 1.54) is 0 Å². The molecule has 0 amide bonds. The van der Waals surface area contributed by atoms with Crippen LogP contribution in [0.2, 0.25) is 85.1 Å². The maximum atomic E-state index is 2.89. The molecule has 0 spiro atoms. The van der Waals surface area contributed by atoms with Gasteiger partial charge in [-0.2, -0.15) is 0 Å². The molecule has 0 fully saturated rings. The van der Waals surface area contributed by atoms with Gasteiger partial charge in [-0.1, -0.05) is 0 Å². The molecular formula is C13H39Si7Sn. The molecule has 0 heterocycles. The number of hydrogen-bond donors (Lipinski definition) is 0. The van der Waals surface area contributed by atoms with Gasteiger partial charge in [-0.15, -0.1) is 0 Å². The van der Waals surface area contributed by atoms with Crippen LogP contribution >= 0.6 is 0 Å². The van der Waals surface area contributed by atoms with Gasteiger partial charge in [0.2, 0.25) is 0 Å². The third-order valence-electron chi connectivity index (χ3n) is 5.06. The average Bonchev–Trinajstić information content (AvgIpc) is 2.08. The molecule has 0 atom stereocenters. The summed E-state index contributed by atoms with van der Waals surface area (Å²) in [6.07, 6.45) is 0. The first-order valence-electron chi connectivity index (χ1n) is 8.25. The van der Waals surface area contributed by atoms with Gasteiger partial charge in [-0.25, -0.2) is 0 Å². The molecule has 21 heavy (non-hydrogen) atoms. The Hall–Kier alpha value is 2.32. The molecule has 0 nitrogen and oxygen atoms in total. The molecule has 0 aromatic carbocycles. The third kappa shape index (κ3) is 5.40. The van der Waals surface area contributed by atoms with Crippen LogP contribution in [0.5, 0.6) is 0 Å². The minimum absolute atomic E-state index is 0.00259. The van der Waals surface area contributed by atoms with E-state index in [4.69, 9.17) is 0 Å². The van der Waals surface area contributed by atoms with Gasteiger partial charge in [-0.3, -0.25) is 0 Å². The number of rotatable bonds is 6. The van der Waals surface area contributed by atoms with Crippen molar-refractivity contribution in [1.82, 2.24) is 0 Å². The molecule has 0 aromatic heterocycles. The van der Waals surface area contributed by atoms with Crippen LogP contribution in [0.15, 0.2) is 0 Å². The van der Waals surface area contributed by atoms with Crippen LogP contribution in [0.1, 0.15) is 0 Å². The second-order valence-corrected chi connectivity index (χ2v) is 90.1. The summed E-state index contributed by atoms with van der Waals surface area (Å²) in [5.41, 5.74) is 0. The molecule has 0 aliphatic rings. The summed E-state index contributed by atoms with van der Waals surface area (Å²) < 4.78 is 0. The molecule has 0 aliphatic carbocycles. The van der Waals surface area contributed by atoms with E-state index in [0.717, 1.165) is 0 Å². The normalized spacial score (nSPS) is 15.5. The van der Waals surface area contributed by atoms with E-state index in [9.17, 15) is 0 Å². The van der Waals surface area contributed by atoms with Gasteiger partial charge in [0, 0.05) is 0 Å². The molecule has 0 saturated carbocycles. The summed E-state index contributed by atoms with van der Waals surface area (Å²) in [5.74, 6) is 0. The van der Waals surface area contributed by atoms with Crippen LogP contribution in [-0.4, -0.2) is 70.4 Å². The zero-order chi connectivity index (χ0) is 17.7. The molecule has 0 N–H and O–H groups in total. The molecule has 0 bridgehead atoms. The predicted molar refractivity (Wildman–Crippen MR) is 122 cm³/mol. The van der Waals surface area contributed by atoms with Crippen LogP contribution in [0.25, 0.3) is 0 Å². The summed E-state index contributed by atoms with van der Waals surface area (Å²) in [6.45, 7) is 35.9. The van der Waals surface area contributed by atoms with E-state index in [0.29, 0.717) is 0 Å². The fourth-order valence-corrected chi connectivity index (χ4v) is 229. The molecule has 0 unspecified atom stereocenters. The molecule has 0 aromatic rings. The molecule has 3 radical (unpaired) electrons. The third-order valence-corrected chi connectivity index (χ3v) is 163. The van der Waals surface area contributed by atoms with Crippen molar-refractivity contribution in [3.05, 3.63) is 0 Å². The topological polar surface area (TPSA) is 0 Å². The van der Waals surface area contributed by atoms with E-state index >= 15 is 0 Å². The Morgan fingerprint density at radius 3 is 0.952 bits per heavy atom. The van der Waals surface area contributed by atoms with Crippen molar-refractivity contribution < 1.29 is 0 Å². The zero-order valence-corrected chi connectivity index (χ0v) is 26.9. The van der Waals surface area contributed by atoms with Crippen molar-refractivity contribution in [2.75, 3.05) is 0 Å². The van der Waals surface area contributed by atoms with Crippen molar-refractivity contribution in [1.29, 1.82) is 0 Å². The Kier molecular flexibility index (Phi) is 7.67. The van der Waals surface area contributed by atoms with Crippen molar-refractivity contribution in [3.8, 4) is 0 Å². The average molecular weight is 511 g/mol. The fraction of sp³-hybridized carbons (Fsp3) is 1.00. The first-order chi connectivity index (χ1) is 8.77. The second-order valence-electron chi connectivity index (χ2n) is 10.8. The van der Waals surface area contributed by atoms with Gasteiger partial charge in [0.15, 0.2) is 0 Å². The van der Waals surface area contributed by atoms with E-state index in [-0.39, 0.29) is 12.2 Å². The summed E-state index contributed by atoms with van der Waals surface area (Å²) >= 11 is 1.98. The van der Waals surface area contributed by atoms with Gasteiger partial charge in [0.25, 0.3) is 0 Å². The summed E-state index contributed by atoms with van der Waals surface area (Å²) in [4.78, 5) is -0.00259. The van der Waals surface area contributed by atoms with Crippen LogP contribution < -0.4 is 0 Å². The quantitative estimate of drug-likeness (QED) is 0.460. The standard InChI is InChI=1S/C13H39Si7.Sn/c1-16(2,3)14-19(10,11)20(12,13)15(17(4,5)6)18(7,8)9;/h1-13H3;. The van der Waals surface area contributed by atoms with E-state index in [1.807, 2.05) is 21.2 Å². The van der Waals surface area contributed by atoms with E-state index < -0.39 is 37.0 Å². The van der Waals surface area contributed by atoms with Gasteiger partial charge in [0.1, 0.15) is 0 Å². The Morgan fingerprint density at radius 2 is 0.762 bits per heavy atom. The first kappa shape index (κ1) is 23.3. The van der Waals surface area contributed by atoms with Crippen LogP contribution in [0.4, 0.5) is 0 Å². The predicted octanol–water partition coefficient (Wildman–Crippen LogP) is 4.54. The SMILES string of the molecule is C[Si](C)(C)[Si]([Si](C)(C)C)[Si](C)(C)[Si](C)(C)[Si](=[Sn])[Si](C)(C)C. The van der Waals surface area contributed by atoms with Crippen molar-refractivity contribution in [2.24, 2.45) is 0 Å². The van der Waals surface area contributed by atoms with Crippen molar-refractivity contribution in [3.63, 3.8) is 0 Å². The Bertz CT molecular complexity index is 382. The summed E-state index contributed by atoms with van der Waals surface area (Å²) in [6, 6.07) is 0. The molecular weight excluding hydrogens is 471 g/mol. The molecule has 0 rings (SSSR count). The monoisotopic (exact) mass is 511 g/mol. The minimum atomic E-state index is -1.04. The van der Waals surface area contributed by atoms with Crippen LogP contribution in [0, 0.1) is 0 Å². The maximum absolute atomic E-state index is 2.89. The Balaban J connectivity index is 6.09. The van der Waals surface area contributed by atoms with E-state index in [2.05, 4.69) is 85.1 Å². The van der Waals surface area contributed by atoms with Gasteiger partial charge in [-0.05, 0) is 0 Å². The van der Waals surface area contributed by atoms with Gasteiger partial charge in [0.05, 0.1) is 0 Å². The molecule has 0 saturated heterocycles. The molecule has 123 valence electrons. The molecule has 8 heteroatoms. The first-order valence-corrected chi connectivity index (χ1v) is 38.0. The second kappa shape index (κ2) is 6.91. The van der Waals surface area contributed by atoms with Gasteiger partial charge < -0.3 is 0 Å². The van der Waals surface area contributed by atoms with Crippen LogP contribution in [0.3, 0.4) is 0 Å². The van der Waals surface area contributed by atoms with Crippen LogP contribution in [-0.2, 0) is 0 Å². The molecule has 0 aliphatic heterocycles. The Morgan fingerprint density at radius 1 is 0.476 bits per heavy atom. The summed E-state index contributed by atoms with van der Waals surface area (Å²) in [7, 11) is -4.93. The van der Waals surface area contributed by atoms with Crippen molar-refractivity contribution in [2.45, 2.75) is 85.1 Å². The van der Waals surface area contributed by atoms with E-state index in [1.54, 1.807) is 0 Å². The fourth-order valence-electron chi connectivity index (χ4n) is 4.56. The van der Waals surface area contributed by atoms with Crippen molar-refractivity contribution >= 4 is 70.4 Å². The summed E-state index contributed by atoms with van der Waals surface area (Å²) in [5, 5.41) is 0. The number of hydrogen-bond acceptors (Lipinski definition) is 0. The zero-order valence-electron chi connectivity index (χ0n) is 17.0.